The van der Waals surface area contributed by atoms with Crippen molar-refractivity contribution in [3.63, 3.8) is 0 Å². The summed E-state index contributed by atoms with van der Waals surface area (Å²) < 4.78 is 33.6. The van der Waals surface area contributed by atoms with Crippen LogP contribution in [0.15, 0.2) is 42.5 Å². The molecule has 0 saturated carbocycles. The number of halogens is 3. The van der Waals surface area contributed by atoms with E-state index < -0.39 is 12.5 Å². The zero-order valence-corrected chi connectivity index (χ0v) is 12.2. The summed E-state index contributed by atoms with van der Waals surface area (Å²) in [6.07, 6.45) is 0. The van der Waals surface area contributed by atoms with Crippen LogP contribution in [0, 0.1) is 0 Å². The van der Waals surface area contributed by atoms with E-state index in [1.165, 1.54) is 37.4 Å². The fourth-order valence-electron chi connectivity index (χ4n) is 1.76. The molecular weight excluding hydrogens is 316 g/mol. The minimum Gasteiger partial charge on any atom is -0.495 e. The lowest BCUT2D eigenvalue weighted by molar-refractivity contribution is -0.0498. The van der Waals surface area contributed by atoms with Gasteiger partial charge in [-0.2, -0.15) is 8.78 Å². The largest absolute Gasteiger partial charge is 0.495 e. The number of carbonyl (C=O) groups is 1. The van der Waals surface area contributed by atoms with Crippen molar-refractivity contribution in [2.24, 2.45) is 0 Å². The molecule has 2 aromatic rings. The van der Waals surface area contributed by atoms with Gasteiger partial charge in [-0.05, 0) is 36.4 Å². The number of methoxy groups -OCH3 is 1. The van der Waals surface area contributed by atoms with Crippen molar-refractivity contribution in [2.75, 3.05) is 12.4 Å². The minimum absolute atomic E-state index is 0.0876. The third-order valence-electron chi connectivity index (χ3n) is 2.73. The molecule has 0 saturated heterocycles. The van der Waals surface area contributed by atoms with Crippen LogP contribution in [0.3, 0.4) is 0 Å². The summed E-state index contributed by atoms with van der Waals surface area (Å²) in [6.45, 7) is -2.95. The van der Waals surface area contributed by atoms with Gasteiger partial charge in [0.05, 0.1) is 12.1 Å². The van der Waals surface area contributed by atoms with Gasteiger partial charge in [-0.15, -0.1) is 0 Å². The SMILES string of the molecule is COc1ccc(NC(=O)c2cccc(OC(F)F)c2)cc1Cl. The first-order valence-corrected chi connectivity index (χ1v) is 6.57. The van der Waals surface area contributed by atoms with Crippen LogP contribution in [0.4, 0.5) is 14.5 Å². The lowest BCUT2D eigenvalue weighted by Crippen LogP contribution is -2.12. The van der Waals surface area contributed by atoms with Gasteiger partial charge in [0.1, 0.15) is 11.5 Å². The molecule has 0 aliphatic rings. The highest BCUT2D eigenvalue weighted by Crippen LogP contribution is 2.27. The summed E-state index contributed by atoms with van der Waals surface area (Å²) in [4.78, 5) is 12.1. The lowest BCUT2D eigenvalue weighted by Gasteiger charge is -2.09. The quantitative estimate of drug-likeness (QED) is 0.895. The highest BCUT2D eigenvalue weighted by Gasteiger charge is 2.11. The molecule has 0 aliphatic carbocycles. The molecule has 116 valence electrons. The summed E-state index contributed by atoms with van der Waals surface area (Å²) in [5.41, 5.74) is 0.640. The first-order chi connectivity index (χ1) is 10.5. The number of alkyl halides is 2. The van der Waals surface area contributed by atoms with Gasteiger partial charge in [-0.25, -0.2) is 0 Å². The van der Waals surface area contributed by atoms with Crippen LogP contribution in [0.5, 0.6) is 11.5 Å². The first kappa shape index (κ1) is 16.0. The number of nitrogens with one attached hydrogen (secondary N) is 1. The van der Waals surface area contributed by atoms with Gasteiger partial charge >= 0.3 is 6.61 Å². The summed E-state index contributed by atoms with van der Waals surface area (Å²) in [7, 11) is 1.48. The van der Waals surface area contributed by atoms with E-state index in [0.717, 1.165) is 0 Å². The number of benzene rings is 2. The van der Waals surface area contributed by atoms with Crippen molar-refractivity contribution in [3.8, 4) is 11.5 Å². The van der Waals surface area contributed by atoms with Gasteiger partial charge in [-0.1, -0.05) is 17.7 Å². The number of amides is 1. The Hall–Kier alpha value is -2.34. The van der Waals surface area contributed by atoms with Gasteiger partial charge in [0.2, 0.25) is 0 Å². The van der Waals surface area contributed by atoms with Crippen molar-refractivity contribution < 1.29 is 23.0 Å². The summed E-state index contributed by atoms with van der Waals surface area (Å²) in [6, 6.07) is 10.3. The first-order valence-electron chi connectivity index (χ1n) is 6.19. The summed E-state index contributed by atoms with van der Waals surface area (Å²) in [5.74, 6) is -0.0802. The van der Waals surface area contributed by atoms with Gasteiger partial charge in [0.15, 0.2) is 0 Å². The number of hydrogen-bond donors (Lipinski definition) is 1. The molecule has 0 aliphatic heterocycles. The maximum atomic E-state index is 12.2. The predicted octanol–water partition coefficient (Wildman–Crippen LogP) is 4.20. The molecule has 0 fully saturated rings. The number of anilines is 1. The fourth-order valence-corrected chi connectivity index (χ4v) is 2.02. The zero-order valence-electron chi connectivity index (χ0n) is 11.5. The number of rotatable bonds is 5. The summed E-state index contributed by atoms with van der Waals surface area (Å²) in [5, 5.41) is 2.95. The topological polar surface area (TPSA) is 47.6 Å². The molecule has 0 atom stereocenters. The van der Waals surface area contributed by atoms with Crippen LogP contribution in [-0.2, 0) is 0 Å². The van der Waals surface area contributed by atoms with E-state index in [0.29, 0.717) is 16.5 Å². The van der Waals surface area contributed by atoms with Crippen molar-refractivity contribution in [1.29, 1.82) is 0 Å². The lowest BCUT2D eigenvalue weighted by atomic mass is 10.2. The van der Waals surface area contributed by atoms with Crippen molar-refractivity contribution in [2.45, 2.75) is 6.61 Å². The Morgan fingerprint density at radius 2 is 2.00 bits per heavy atom. The van der Waals surface area contributed by atoms with Crippen molar-refractivity contribution >= 4 is 23.2 Å². The van der Waals surface area contributed by atoms with Crippen LogP contribution in [0.2, 0.25) is 5.02 Å². The standard InChI is InChI=1S/C15H12ClF2NO3/c1-21-13-6-5-10(8-12(13)16)19-14(20)9-3-2-4-11(7-9)22-15(17)18/h2-8,15H,1H3,(H,19,20). The van der Waals surface area contributed by atoms with E-state index in [9.17, 15) is 13.6 Å². The second-order valence-electron chi connectivity index (χ2n) is 4.21. The van der Waals surface area contributed by atoms with Crippen molar-refractivity contribution in [3.05, 3.63) is 53.1 Å². The van der Waals surface area contributed by atoms with Crippen molar-refractivity contribution in [1.82, 2.24) is 0 Å². The van der Waals surface area contributed by atoms with E-state index in [-0.39, 0.29) is 11.3 Å². The van der Waals surface area contributed by atoms with Gasteiger partial charge in [0, 0.05) is 11.3 Å². The Morgan fingerprint density at radius 1 is 1.23 bits per heavy atom. The van der Waals surface area contributed by atoms with Gasteiger partial charge in [-0.3, -0.25) is 4.79 Å². The summed E-state index contributed by atoms with van der Waals surface area (Å²) >= 11 is 5.96. The van der Waals surface area contributed by atoms with Crippen LogP contribution in [0.1, 0.15) is 10.4 Å². The molecule has 1 amide bonds. The van der Waals surface area contributed by atoms with Crippen LogP contribution in [-0.4, -0.2) is 19.6 Å². The smallest absolute Gasteiger partial charge is 0.387 e. The van der Waals surface area contributed by atoms with E-state index in [2.05, 4.69) is 10.1 Å². The Morgan fingerprint density at radius 3 is 2.64 bits per heavy atom. The highest BCUT2D eigenvalue weighted by atomic mass is 35.5. The second kappa shape index (κ2) is 7.09. The Kier molecular flexibility index (Phi) is 5.16. The van der Waals surface area contributed by atoms with Crippen LogP contribution >= 0.6 is 11.6 Å². The molecule has 0 heterocycles. The van der Waals surface area contributed by atoms with Crippen LogP contribution in [0.25, 0.3) is 0 Å². The fraction of sp³-hybridized carbons (Fsp3) is 0.133. The molecule has 0 bridgehead atoms. The number of carbonyl (C=O) groups excluding carboxylic acids is 1. The van der Waals surface area contributed by atoms with Gasteiger partial charge < -0.3 is 14.8 Å². The third-order valence-corrected chi connectivity index (χ3v) is 3.03. The molecule has 0 aromatic heterocycles. The zero-order chi connectivity index (χ0) is 16.1. The third kappa shape index (κ3) is 4.08. The number of ether oxygens (including phenoxy) is 2. The van der Waals surface area contributed by atoms with E-state index in [1.807, 2.05) is 0 Å². The molecule has 0 unspecified atom stereocenters. The molecule has 0 radical (unpaired) electrons. The molecule has 22 heavy (non-hydrogen) atoms. The predicted molar refractivity (Wildman–Crippen MR) is 79.0 cm³/mol. The Bertz CT molecular complexity index is 680. The Labute approximate surface area is 130 Å². The van der Waals surface area contributed by atoms with E-state index in [4.69, 9.17) is 16.3 Å². The van der Waals surface area contributed by atoms with E-state index in [1.54, 1.807) is 12.1 Å². The highest BCUT2D eigenvalue weighted by molar-refractivity contribution is 6.32. The minimum atomic E-state index is -2.95. The average Bonchev–Trinajstić information content (AvgIpc) is 2.47. The normalized spacial score (nSPS) is 10.4. The maximum absolute atomic E-state index is 12.2. The van der Waals surface area contributed by atoms with Gasteiger partial charge in [0.25, 0.3) is 5.91 Å². The molecule has 2 rings (SSSR count). The molecule has 7 heteroatoms. The maximum Gasteiger partial charge on any atom is 0.387 e. The molecule has 1 N–H and O–H groups in total. The molecular formula is C15H12ClF2NO3. The monoisotopic (exact) mass is 327 g/mol. The number of hydrogen-bond acceptors (Lipinski definition) is 3. The average molecular weight is 328 g/mol. The molecule has 0 spiro atoms. The Balaban J connectivity index is 2.13. The van der Waals surface area contributed by atoms with E-state index >= 15 is 0 Å². The second-order valence-corrected chi connectivity index (χ2v) is 4.62. The molecule has 4 nitrogen and oxygen atoms in total. The molecule has 2 aromatic carbocycles. The van der Waals surface area contributed by atoms with Crippen LogP contribution < -0.4 is 14.8 Å².